The van der Waals surface area contributed by atoms with Gasteiger partial charge in [0.05, 0.1) is 12.1 Å². The summed E-state index contributed by atoms with van der Waals surface area (Å²) in [6, 6.07) is 5.10. The molecule has 0 aliphatic heterocycles. The Morgan fingerprint density at radius 3 is 2.89 bits per heavy atom. The van der Waals surface area contributed by atoms with Crippen LogP contribution in [0.3, 0.4) is 0 Å². The number of amides is 1. The van der Waals surface area contributed by atoms with E-state index < -0.39 is 0 Å². The van der Waals surface area contributed by atoms with E-state index in [1.165, 1.54) is 0 Å². The van der Waals surface area contributed by atoms with Crippen molar-refractivity contribution in [3.63, 3.8) is 0 Å². The Bertz CT molecular complexity index is 592. The normalized spacial score (nSPS) is 10.2. The summed E-state index contributed by atoms with van der Waals surface area (Å²) in [5.41, 5.74) is 7.54. The molecule has 1 amide bonds. The first-order valence-corrected chi connectivity index (χ1v) is 5.80. The number of anilines is 2. The molecule has 0 aliphatic rings. The Morgan fingerprint density at radius 1 is 1.47 bits per heavy atom. The zero-order valence-corrected chi connectivity index (χ0v) is 10.8. The minimum Gasteiger partial charge on any atom is -0.399 e. The van der Waals surface area contributed by atoms with Crippen LogP contribution in [0.1, 0.15) is 16.2 Å². The molecular weight excluding hydrogens is 244 g/mol. The summed E-state index contributed by atoms with van der Waals surface area (Å²) >= 11 is 0. The minimum absolute atomic E-state index is 0.166. The molecule has 19 heavy (non-hydrogen) atoms. The molecule has 0 spiro atoms. The predicted molar refractivity (Wildman–Crippen MR) is 72.6 cm³/mol. The van der Waals surface area contributed by atoms with Crippen LogP contribution in [0.4, 0.5) is 11.4 Å². The molecule has 7 heteroatoms. The molecule has 1 heterocycles. The van der Waals surface area contributed by atoms with Crippen LogP contribution >= 0.6 is 0 Å². The van der Waals surface area contributed by atoms with Crippen molar-refractivity contribution in [3.8, 4) is 0 Å². The summed E-state index contributed by atoms with van der Waals surface area (Å²) in [4.78, 5) is 11.7. The van der Waals surface area contributed by atoms with Crippen LogP contribution in [0.25, 0.3) is 0 Å². The fourth-order valence-corrected chi connectivity index (χ4v) is 1.68. The third-order valence-corrected chi connectivity index (χ3v) is 2.76. The summed E-state index contributed by atoms with van der Waals surface area (Å²) in [6.07, 6.45) is 1.62. The first-order chi connectivity index (χ1) is 9.11. The lowest BCUT2D eigenvalue weighted by molar-refractivity contribution is 0.0964. The number of aryl methyl sites for hydroxylation is 1. The van der Waals surface area contributed by atoms with E-state index in [1.54, 1.807) is 36.1 Å². The van der Waals surface area contributed by atoms with Gasteiger partial charge in [-0.15, -0.1) is 10.2 Å². The van der Waals surface area contributed by atoms with Crippen molar-refractivity contribution in [2.24, 2.45) is 7.05 Å². The zero-order chi connectivity index (χ0) is 13.8. The van der Waals surface area contributed by atoms with E-state index in [1.807, 2.05) is 7.05 Å². The maximum Gasteiger partial charge on any atom is 0.253 e. The molecule has 0 aliphatic carbocycles. The van der Waals surface area contributed by atoms with Gasteiger partial charge >= 0.3 is 0 Å². The van der Waals surface area contributed by atoms with Crippen molar-refractivity contribution in [2.45, 2.75) is 6.54 Å². The Morgan fingerprint density at radius 2 is 2.26 bits per heavy atom. The summed E-state index contributed by atoms with van der Waals surface area (Å²) < 4.78 is 1.80. The summed E-state index contributed by atoms with van der Waals surface area (Å²) in [6.45, 7) is 0.462. The number of nitrogens with zero attached hydrogens (tertiary/aromatic N) is 3. The number of nitrogen functional groups attached to an aromatic ring is 1. The first-order valence-electron chi connectivity index (χ1n) is 5.80. The fraction of sp³-hybridized carbons (Fsp3) is 0.250. The summed E-state index contributed by atoms with van der Waals surface area (Å²) in [5.74, 6) is 0.603. The van der Waals surface area contributed by atoms with Crippen molar-refractivity contribution < 1.29 is 4.79 Å². The Hall–Kier alpha value is -2.57. The molecule has 0 saturated heterocycles. The van der Waals surface area contributed by atoms with Gasteiger partial charge in [0.2, 0.25) is 0 Å². The smallest absolute Gasteiger partial charge is 0.253 e. The van der Waals surface area contributed by atoms with Gasteiger partial charge in [-0.3, -0.25) is 4.79 Å². The lowest BCUT2D eigenvalue weighted by Crippen LogP contribution is -2.20. The van der Waals surface area contributed by atoms with E-state index in [0.717, 1.165) is 5.82 Å². The van der Waals surface area contributed by atoms with Gasteiger partial charge in [0.15, 0.2) is 5.82 Å². The fourth-order valence-electron chi connectivity index (χ4n) is 1.68. The maximum absolute atomic E-state index is 11.7. The largest absolute Gasteiger partial charge is 0.399 e. The van der Waals surface area contributed by atoms with E-state index in [9.17, 15) is 4.79 Å². The number of nitrogens with one attached hydrogen (secondary N) is 2. The Labute approximate surface area is 110 Å². The highest BCUT2D eigenvalue weighted by molar-refractivity contribution is 6.00. The second-order valence-electron chi connectivity index (χ2n) is 4.10. The lowest BCUT2D eigenvalue weighted by atomic mass is 10.1. The molecule has 0 bridgehead atoms. The molecule has 4 N–H and O–H groups in total. The zero-order valence-electron chi connectivity index (χ0n) is 10.8. The molecular formula is C12H16N6O. The third kappa shape index (κ3) is 2.82. The molecule has 0 radical (unpaired) electrons. The SMILES string of the molecule is CNC(=O)c1ccc(N)cc1NCc1nncn1C. The van der Waals surface area contributed by atoms with Gasteiger partial charge in [-0.2, -0.15) is 0 Å². The van der Waals surface area contributed by atoms with Crippen LogP contribution < -0.4 is 16.4 Å². The number of benzene rings is 1. The van der Waals surface area contributed by atoms with Crippen LogP contribution in [-0.4, -0.2) is 27.7 Å². The van der Waals surface area contributed by atoms with Crippen molar-refractivity contribution in [1.29, 1.82) is 0 Å². The summed E-state index contributed by atoms with van der Waals surface area (Å²) in [5, 5.41) is 13.5. The van der Waals surface area contributed by atoms with Crippen LogP contribution in [0.15, 0.2) is 24.5 Å². The van der Waals surface area contributed by atoms with Crippen LogP contribution in [-0.2, 0) is 13.6 Å². The van der Waals surface area contributed by atoms with Gasteiger partial charge in [-0.05, 0) is 18.2 Å². The molecule has 0 fully saturated rings. The summed E-state index contributed by atoms with van der Waals surface area (Å²) in [7, 11) is 3.45. The maximum atomic E-state index is 11.7. The number of carbonyl (C=O) groups is 1. The number of hydrogen-bond donors (Lipinski definition) is 3. The average molecular weight is 260 g/mol. The van der Waals surface area contributed by atoms with E-state index in [2.05, 4.69) is 20.8 Å². The Kier molecular flexibility index (Phi) is 3.65. The quantitative estimate of drug-likeness (QED) is 0.690. The average Bonchev–Trinajstić information content (AvgIpc) is 2.81. The van der Waals surface area contributed by atoms with Crippen LogP contribution in [0.2, 0.25) is 0 Å². The number of rotatable bonds is 4. The Balaban J connectivity index is 2.21. The van der Waals surface area contributed by atoms with E-state index in [0.29, 0.717) is 23.5 Å². The topological polar surface area (TPSA) is 97.9 Å². The standard InChI is InChI=1S/C12H16N6O/c1-14-12(19)9-4-3-8(13)5-10(9)15-6-11-17-16-7-18(11)2/h3-5,7,15H,6,13H2,1-2H3,(H,14,19). The number of aromatic nitrogens is 3. The van der Waals surface area contributed by atoms with E-state index in [4.69, 9.17) is 5.73 Å². The van der Waals surface area contributed by atoms with Crippen LogP contribution in [0, 0.1) is 0 Å². The monoisotopic (exact) mass is 260 g/mol. The molecule has 7 nitrogen and oxygen atoms in total. The molecule has 0 atom stereocenters. The molecule has 100 valence electrons. The number of nitrogens with two attached hydrogens (primary N) is 1. The first kappa shape index (κ1) is 12.9. The van der Waals surface area contributed by atoms with Gasteiger partial charge in [0, 0.05) is 25.5 Å². The van der Waals surface area contributed by atoms with E-state index in [-0.39, 0.29) is 5.91 Å². The molecule has 0 saturated carbocycles. The minimum atomic E-state index is -0.166. The predicted octanol–water partition coefficient (Wildman–Crippen LogP) is 0.369. The second kappa shape index (κ2) is 5.38. The van der Waals surface area contributed by atoms with Crippen LogP contribution in [0.5, 0.6) is 0 Å². The third-order valence-electron chi connectivity index (χ3n) is 2.76. The van der Waals surface area contributed by atoms with Crippen molar-refractivity contribution >= 4 is 17.3 Å². The highest BCUT2D eigenvalue weighted by atomic mass is 16.1. The molecule has 0 unspecified atom stereocenters. The van der Waals surface area contributed by atoms with Crippen molar-refractivity contribution in [3.05, 3.63) is 35.9 Å². The van der Waals surface area contributed by atoms with Gasteiger partial charge < -0.3 is 20.9 Å². The number of hydrogen-bond acceptors (Lipinski definition) is 5. The second-order valence-corrected chi connectivity index (χ2v) is 4.10. The molecule has 1 aromatic carbocycles. The highest BCUT2D eigenvalue weighted by Gasteiger charge is 2.10. The van der Waals surface area contributed by atoms with Gasteiger partial charge in [-0.25, -0.2) is 0 Å². The van der Waals surface area contributed by atoms with Crippen molar-refractivity contribution in [2.75, 3.05) is 18.1 Å². The lowest BCUT2D eigenvalue weighted by Gasteiger charge is -2.11. The highest BCUT2D eigenvalue weighted by Crippen LogP contribution is 2.19. The molecule has 1 aromatic heterocycles. The van der Waals surface area contributed by atoms with Gasteiger partial charge in [-0.1, -0.05) is 0 Å². The van der Waals surface area contributed by atoms with Crippen molar-refractivity contribution in [1.82, 2.24) is 20.1 Å². The number of carbonyl (C=O) groups excluding carboxylic acids is 1. The van der Waals surface area contributed by atoms with E-state index >= 15 is 0 Å². The molecule has 2 rings (SSSR count). The molecule has 2 aromatic rings. The van der Waals surface area contributed by atoms with Gasteiger partial charge in [0.1, 0.15) is 6.33 Å². The van der Waals surface area contributed by atoms with Gasteiger partial charge in [0.25, 0.3) is 5.91 Å².